The monoisotopic (exact) mass is 322 g/mol. The number of aryl methyl sites for hydroxylation is 1. The number of nitrogens with zero attached hydrogens (tertiary/aromatic N) is 1. The van der Waals surface area contributed by atoms with Crippen molar-refractivity contribution in [1.82, 2.24) is 4.90 Å². The van der Waals surface area contributed by atoms with Gasteiger partial charge in [-0.3, -0.25) is 9.69 Å². The number of hydrogen-bond donors (Lipinski definition) is 2. The SMILES string of the molecule is Cc1cccc2c1CCN(C(=O)C(F)(F)F)C2=S(N)(=O)O. The van der Waals surface area contributed by atoms with Crippen LogP contribution in [0.15, 0.2) is 18.2 Å². The quantitative estimate of drug-likeness (QED) is 0.700. The number of fused-ring (bicyclic) bond motifs is 1. The Morgan fingerprint density at radius 1 is 1.43 bits per heavy atom. The molecule has 0 fully saturated rings. The molecule has 1 aliphatic heterocycles. The van der Waals surface area contributed by atoms with E-state index >= 15 is 0 Å². The summed E-state index contributed by atoms with van der Waals surface area (Å²) in [6.45, 7) is 1.38. The molecule has 0 aliphatic carbocycles. The molecule has 116 valence electrons. The number of benzene rings is 1. The molecule has 0 bridgehead atoms. The lowest BCUT2D eigenvalue weighted by atomic mass is 9.95. The standard InChI is InChI=1S/C12H13F3N2O3S/c1-7-3-2-4-9-8(7)5-6-17(10(9)21(16,19)20)11(18)12(13,14)15/h2-4H,5-6H2,1H3,(H3,16,19,20). The summed E-state index contributed by atoms with van der Waals surface area (Å²) in [5.74, 6) is -2.20. The summed E-state index contributed by atoms with van der Waals surface area (Å²) in [5, 5.41) is 5.13. The van der Waals surface area contributed by atoms with Crippen LogP contribution in [0.25, 0.3) is 0 Å². The molecule has 1 amide bonds. The molecular weight excluding hydrogens is 309 g/mol. The van der Waals surface area contributed by atoms with Gasteiger partial charge in [0, 0.05) is 12.1 Å². The van der Waals surface area contributed by atoms with Crippen molar-refractivity contribution >= 4 is 20.9 Å². The van der Waals surface area contributed by atoms with E-state index in [9.17, 15) is 26.7 Å². The van der Waals surface area contributed by atoms with Gasteiger partial charge >= 0.3 is 12.1 Å². The third kappa shape index (κ3) is 2.89. The van der Waals surface area contributed by atoms with E-state index in [-0.39, 0.29) is 23.4 Å². The van der Waals surface area contributed by atoms with E-state index in [2.05, 4.69) is 0 Å². The second kappa shape index (κ2) is 5.00. The van der Waals surface area contributed by atoms with Gasteiger partial charge in [-0.25, -0.2) is 9.35 Å². The van der Waals surface area contributed by atoms with Crippen molar-refractivity contribution in [2.24, 2.45) is 5.14 Å². The molecule has 1 atom stereocenters. The van der Waals surface area contributed by atoms with Crippen LogP contribution in [0.2, 0.25) is 0 Å². The molecule has 2 rings (SSSR count). The molecule has 1 aromatic rings. The third-order valence-corrected chi connectivity index (χ3v) is 4.23. The highest BCUT2D eigenvalue weighted by molar-refractivity contribution is 7.95. The zero-order valence-electron chi connectivity index (χ0n) is 11.0. The summed E-state index contributed by atoms with van der Waals surface area (Å²) in [5.41, 5.74) is 1.48. The second-order valence-corrected chi connectivity index (χ2v) is 6.20. The van der Waals surface area contributed by atoms with E-state index in [1.165, 1.54) is 12.1 Å². The normalized spacial score (nSPS) is 18.2. The number of carbonyl (C=O) groups is 1. The fourth-order valence-corrected chi connectivity index (χ4v) is 3.36. The molecule has 0 radical (unpaired) electrons. The largest absolute Gasteiger partial charge is 0.471 e. The number of alkyl halides is 3. The van der Waals surface area contributed by atoms with E-state index < -0.39 is 27.1 Å². The molecule has 21 heavy (non-hydrogen) atoms. The zero-order chi connectivity index (χ0) is 16.0. The lowest BCUT2D eigenvalue weighted by Gasteiger charge is -2.32. The number of rotatable bonds is 0. The van der Waals surface area contributed by atoms with Gasteiger partial charge in [-0.05, 0) is 24.5 Å². The van der Waals surface area contributed by atoms with Gasteiger partial charge in [0.25, 0.3) is 0 Å². The molecule has 9 heteroatoms. The summed E-state index contributed by atoms with van der Waals surface area (Å²) in [4.78, 5) is 11.0. The average molecular weight is 322 g/mol. The zero-order valence-corrected chi connectivity index (χ0v) is 11.8. The molecule has 0 saturated heterocycles. The predicted molar refractivity (Wildman–Crippen MR) is 71.7 cm³/mol. The highest BCUT2D eigenvalue weighted by Crippen LogP contribution is 2.27. The van der Waals surface area contributed by atoms with Crippen LogP contribution in [0.4, 0.5) is 13.2 Å². The topological polar surface area (TPSA) is 83.6 Å². The van der Waals surface area contributed by atoms with Crippen molar-refractivity contribution in [2.45, 2.75) is 19.5 Å². The van der Waals surface area contributed by atoms with Gasteiger partial charge in [0.15, 0.2) is 9.99 Å². The minimum absolute atomic E-state index is 0.105. The minimum atomic E-state index is -5.14. The van der Waals surface area contributed by atoms with Gasteiger partial charge < -0.3 is 4.55 Å². The Morgan fingerprint density at radius 2 is 2.05 bits per heavy atom. The van der Waals surface area contributed by atoms with Gasteiger partial charge in [-0.2, -0.15) is 13.2 Å². The molecule has 1 aliphatic rings. The van der Waals surface area contributed by atoms with Crippen molar-refractivity contribution in [2.75, 3.05) is 6.54 Å². The van der Waals surface area contributed by atoms with Crippen LogP contribution in [-0.2, 0) is 21.2 Å². The lowest BCUT2D eigenvalue weighted by molar-refractivity contribution is -0.181. The van der Waals surface area contributed by atoms with Gasteiger partial charge in [0.1, 0.15) is 4.99 Å². The summed E-state index contributed by atoms with van der Waals surface area (Å²) in [6.07, 6.45) is -4.99. The maximum atomic E-state index is 12.6. The van der Waals surface area contributed by atoms with Crippen molar-refractivity contribution in [3.63, 3.8) is 0 Å². The number of amides is 1. The first-order valence-corrected chi connectivity index (χ1v) is 7.50. The molecule has 1 aromatic carbocycles. The summed E-state index contributed by atoms with van der Waals surface area (Å²) < 4.78 is 59.3. The molecule has 0 saturated carbocycles. The van der Waals surface area contributed by atoms with Gasteiger partial charge in [-0.15, -0.1) is 0 Å². The highest BCUT2D eigenvalue weighted by Gasteiger charge is 2.46. The molecular formula is C12H13F3N2O3S. The van der Waals surface area contributed by atoms with Crippen LogP contribution >= 0.6 is 0 Å². The fraction of sp³-hybridized carbons (Fsp3) is 0.333. The number of hydrogen-bond acceptors (Lipinski definition) is 2. The average Bonchev–Trinajstić information content (AvgIpc) is 2.34. The minimum Gasteiger partial charge on any atom is -0.301 e. The molecule has 3 N–H and O–H groups in total. The van der Waals surface area contributed by atoms with Crippen molar-refractivity contribution < 1.29 is 26.7 Å². The Hall–Kier alpha value is -1.58. The van der Waals surface area contributed by atoms with Crippen LogP contribution in [0.3, 0.4) is 0 Å². The van der Waals surface area contributed by atoms with Crippen LogP contribution in [0.5, 0.6) is 0 Å². The Labute approximate surface area is 119 Å². The van der Waals surface area contributed by atoms with Crippen molar-refractivity contribution in [3.8, 4) is 0 Å². The molecule has 1 heterocycles. The maximum absolute atomic E-state index is 12.6. The summed E-state index contributed by atoms with van der Waals surface area (Å²) >= 11 is 0. The molecule has 0 aromatic heterocycles. The van der Waals surface area contributed by atoms with Gasteiger partial charge in [-0.1, -0.05) is 18.2 Å². The smallest absolute Gasteiger partial charge is 0.301 e. The van der Waals surface area contributed by atoms with Crippen LogP contribution in [0, 0.1) is 6.92 Å². The Morgan fingerprint density at radius 3 is 2.57 bits per heavy atom. The van der Waals surface area contributed by atoms with Crippen LogP contribution in [0.1, 0.15) is 16.7 Å². The first kappa shape index (κ1) is 15.8. The fourth-order valence-electron chi connectivity index (χ4n) is 2.37. The van der Waals surface area contributed by atoms with Crippen LogP contribution < -0.4 is 5.14 Å². The van der Waals surface area contributed by atoms with E-state index in [4.69, 9.17) is 5.14 Å². The Kier molecular flexibility index (Phi) is 3.77. The Bertz CT molecular complexity index is 713. The van der Waals surface area contributed by atoms with E-state index in [1.54, 1.807) is 13.0 Å². The Balaban J connectivity index is 2.70. The van der Waals surface area contributed by atoms with Crippen molar-refractivity contribution in [1.29, 1.82) is 0 Å². The second-order valence-electron chi connectivity index (χ2n) is 4.68. The van der Waals surface area contributed by atoms with Gasteiger partial charge in [0.2, 0.25) is 0 Å². The number of halogens is 3. The van der Waals surface area contributed by atoms with Crippen LogP contribution in [-0.4, -0.2) is 37.3 Å². The lowest BCUT2D eigenvalue weighted by Crippen LogP contribution is -2.51. The molecule has 0 spiro atoms. The first-order valence-electron chi connectivity index (χ1n) is 5.92. The van der Waals surface area contributed by atoms with Gasteiger partial charge in [0.05, 0.1) is 0 Å². The first-order chi connectivity index (χ1) is 9.53. The molecule has 5 nitrogen and oxygen atoms in total. The molecule has 1 unspecified atom stereocenters. The summed E-state index contributed by atoms with van der Waals surface area (Å²) in [7, 11) is -4.24. The third-order valence-electron chi connectivity index (χ3n) is 3.24. The highest BCUT2D eigenvalue weighted by atomic mass is 32.2. The van der Waals surface area contributed by atoms with Crippen molar-refractivity contribution in [3.05, 3.63) is 34.9 Å². The number of carbonyl (C=O) groups excluding carboxylic acids is 1. The maximum Gasteiger partial charge on any atom is 0.471 e. The van der Waals surface area contributed by atoms with E-state index in [0.717, 1.165) is 5.56 Å². The van der Waals surface area contributed by atoms with E-state index in [1.807, 2.05) is 0 Å². The number of nitrogens with two attached hydrogens (primary N) is 1. The van der Waals surface area contributed by atoms with E-state index in [0.29, 0.717) is 5.56 Å². The predicted octanol–water partition coefficient (Wildman–Crippen LogP) is 1.05. The summed E-state index contributed by atoms with van der Waals surface area (Å²) in [6, 6.07) is 4.64.